The smallest absolute Gasteiger partial charge is 0.137 e. The van der Waals surface area contributed by atoms with Gasteiger partial charge in [0, 0.05) is 16.7 Å². The first-order valence-electron chi connectivity index (χ1n) is 15.6. The Balaban J connectivity index is 1.47. The third-order valence-electron chi connectivity index (χ3n) is 14.1. The summed E-state index contributed by atoms with van der Waals surface area (Å²) in [5, 5.41) is 16.2. The first-order valence-corrected chi connectivity index (χ1v) is 15.6. The zero-order chi connectivity index (χ0) is 28.2. The van der Waals surface area contributed by atoms with E-state index in [1.165, 1.54) is 0 Å². The summed E-state index contributed by atoms with van der Waals surface area (Å²) in [6.07, 6.45) is 11.7. The molecule has 3 saturated carbocycles. The van der Waals surface area contributed by atoms with Crippen molar-refractivity contribution in [3.63, 3.8) is 0 Å². The number of fused-ring (bicyclic) bond motifs is 3. The topological polar surface area (TPSA) is 77.2 Å². The molecule has 39 heavy (non-hydrogen) atoms. The highest BCUT2D eigenvalue weighted by Gasteiger charge is 2.71. The quantitative estimate of drug-likeness (QED) is 0.458. The highest BCUT2D eigenvalue weighted by Crippen LogP contribution is 2.75. The van der Waals surface area contributed by atoms with Gasteiger partial charge in [0.15, 0.2) is 0 Å². The number of carbonyl (C=O) groups excluding carboxylic acids is 1. The van der Waals surface area contributed by atoms with Gasteiger partial charge in [-0.15, -0.1) is 0 Å². The molecule has 0 unspecified atom stereocenters. The molecule has 4 aliphatic carbocycles. The van der Waals surface area contributed by atoms with Crippen LogP contribution in [0, 0.1) is 56.7 Å². The van der Waals surface area contributed by atoms with Gasteiger partial charge in [-0.3, -0.25) is 4.79 Å². The molecule has 11 atom stereocenters. The maximum Gasteiger partial charge on any atom is 0.137 e. The number of ketones is 1. The summed E-state index contributed by atoms with van der Waals surface area (Å²) < 4.78 is 8.33. The molecule has 1 aliphatic heterocycles. The fourth-order valence-electron chi connectivity index (χ4n) is 11.6. The van der Waals surface area contributed by atoms with Gasteiger partial charge < -0.3 is 9.84 Å². The molecule has 1 aromatic rings. The Bertz CT molecular complexity index is 1160. The van der Waals surface area contributed by atoms with Gasteiger partial charge in [0.2, 0.25) is 0 Å². The highest BCUT2D eigenvalue weighted by atomic mass is 16.5. The summed E-state index contributed by atoms with van der Waals surface area (Å²) in [7, 11) is 0. The van der Waals surface area contributed by atoms with E-state index in [1.807, 2.05) is 11.6 Å². The van der Waals surface area contributed by atoms with Gasteiger partial charge in [-0.25, -0.2) is 9.67 Å². The lowest BCUT2D eigenvalue weighted by molar-refractivity contribution is -0.239. The second kappa shape index (κ2) is 8.74. The maximum atomic E-state index is 13.7. The molecular formula is C33H51N3O3. The molecule has 0 radical (unpaired) electrons. The number of allylic oxidation sites excluding steroid dienone is 1. The fourth-order valence-corrected chi connectivity index (χ4v) is 11.6. The van der Waals surface area contributed by atoms with Crippen molar-refractivity contribution >= 4 is 5.78 Å². The van der Waals surface area contributed by atoms with Crippen molar-refractivity contribution in [3.05, 3.63) is 24.3 Å². The molecule has 5 aliphatic rings. The van der Waals surface area contributed by atoms with Crippen LogP contribution in [0.5, 0.6) is 0 Å². The number of aromatic nitrogens is 3. The lowest BCUT2D eigenvalue weighted by Gasteiger charge is -2.71. The van der Waals surface area contributed by atoms with Crippen LogP contribution >= 0.6 is 0 Å². The largest absolute Gasteiger partial charge is 0.390 e. The van der Waals surface area contributed by atoms with Crippen LogP contribution in [-0.4, -0.2) is 45.0 Å². The SMILES string of the molecule is CC(=O)[C@@H]1[C@@](C)([C@H](C)C(C)C)CC[C@]2(C)[C@H]3CC[C@@H]4[C@@]5(COC[C@@]4(C)[C@@H](O)[C@H](n4cncn4)C5)C3=CC[C@@]12C. The van der Waals surface area contributed by atoms with E-state index in [9.17, 15) is 9.90 Å². The van der Waals surface area contributed by atoms with Crippen LogP contribution in [0.2, 0.25) is 0 Å². The van der Waals surface area contributed by atoms with E-state index in [2.05, 4.69) is 64.6 Å². The lowest BCUT2D eigenvalue weighted by Crippen LogP contribution is -2.68. The standard InChI is InChI=1S/C33H51N3O3/c1-20(2)21(3)29(5)13-14-31(7)23-9-10-26-30(6)16-39-17-33(26,15-25(28(30)38)36-19-34-18-35-36)24(23)11-12-32(31,8)27(29)22(4)37/h11,18-21,23,25-28,38H,9-10,12-17H2,1-8H3/t21-,23+,25-,26+,27-,28+,29-,30-,31-,32+,33+/m1/s1. The molecule has 1 saturated heterocycles. The van der Waals surface area contributed by atoms with Crippen molar-refractivity contribution in [2.75, 3.05) is 13.2 Å². The predicted octanol–water partition coefficient (Wildman–Crippen LogP) is 6.27. The Morgan fingerprint density at radius 3 is 2.49 bits per heavy atom. The van der Waals surface area contributed by atoms with Gasteiger partial charge in [0.05, 0.1) is 25.4 Å². The first kappa shape index (κ1) is 27.6. The number of aliphatic hydroxyl groups is 1. The number of carbonyl (C=O) groups is 1. The molecule has 0 amide bonds. The van der Waals surface area contributed by atoms with Crippen molar-refractivity contribution in [2.45, 2.75) is 106 Å². The number of rotatable bonds is 4. The Morgan fingerprint density at radius 2 is 1.85 bits per heavy atom. The molecule has 6 heteroatoms. The van der Waals surface area contributed by atoms with Crippen LogP contribution in [0.25, 0.3) is 0 Å². The van der Waals surface area contributed by atoms with E-state index in [-0.39, 0.29) is 39.0 Å². The van der Waals surface area contributed by atoms with E-state index in [4.69, 9.17) is 4.74 Å². The molecule has 6 rings (SSSR count). The minimum Gasteiger partial charge on any atom is -0.390 e. The van der Waals surface area contributed by atoms with Gasteiger partial charge in [-0.05, 0) is 85.4 Å². The average Bonchev–Trinajstić information content (AvgIpc) is 3.41. The number of nitrogens with zero attached hydrogens (tertiary/aromatic N) is 3. The average molecular weight is 538 g/mol. The molecule has 6 nitrogen and oxygen atoms in total. The molecule has 0 aromatic carbocycles. The Labute approximate surface area is 235 Å². The van der Waals surface area contributed by atoms with Crippen LogP contribution in [0.15, 0.2) is 24.3 Å². The Morgan fingerprint density at radius 1 is 1.10 bits per heavy atom. The zero-order valence-corrected chi connectivity index (χ0v) is 25.5. The monoisotopic (exact) mass is 537 g/mol. The summed E-state index contributed by atoms with van der Waals surface area (Å²) >= 11 is 0. The van der Waals surface area contributed by atoms with E-state index >= 15 is 0 Å². The molecule has 2 heterocycles. The molecule has 2 bridgehead atoms. The maximum absolute atomic E-state index is 13.7. The zero-order valence-electron chi connectivity index (χ0n) is 25.5. The Hall–Kier alpha value is -1.53. The van der Waals surface area contributed by atoms with Crippen molar-refractivity contribution < 1.29 is 14.6 Å². The molecule has 1 N–H and O–H groups in total. The van der Waals surface area contributed by atoms with Gasteiger partial charge in [-0.1, -0.05) is 60.1 Å². The minimum atomic E-state index is -0.519. The van der Waals surface area contributed by atoms with Crippen LogP contribution in [-0.2, 0) is 9.53 Å². The second-order valence-electron chi connectivity index (χ2n) is 15.7. The number of Topliss-reactive ketones (excluding diaryl/α,β-unsaturated/α-hetero) is 1. The van der Waals surface area contributed by atoms with Gasteiger partial charge in [0.1, 0.15) is 18.4 Å². The first-order chi connectivity index (χ1) is 18.3. The predicted molar refractivity (Wildman–Crippen MR) is 152 cm³/mol. The molecule has 4 fully saturated rings. The van der Waals surface area contributed by atoms with Crippen molar-refractivity contribution in [3.8, 4) is 0 Å². The molecular weight excluding hydrogens is 486 g/mol. The van der Waals surface area contributed by atoms with E-state index in [0.29, 0.717) is 36.1 Å². The van der Waals surface area contributed by atoms with Crippen molar-refractivity contribution in [1.29, 1.82) is 0 Å². The normalized spacial score (nSPS) is 49.9. The van der Waals surface area contributed by atoms with Gasteiger partial charge in [-0.2, -0.15) is 5.10 Å². The number of hydrogen-bond acceptors (Lipinski definition) is 5. The van der Waals surface area contributed by atoms with Crippen LogP contribution < -0.4 is 0 Å². The second-order valence-corrected chi connectivity index (χ2v) is 15.7. The number of aliphatic hydroxyl groups excluding tert-OH is 1. The lowest BCUT2D eigenvalue weighted by atomic mass is 9.34. The summed E-state index contributed by atoms with van der Waals surface area (Å²) in [5.41, 5.74) is 1.13. The molecule has 1 aromatic heterocycles. The van der Waals surface area contributed by atoms with Crippen LogP contribution in [0.4, 0.5) is 0 Å². The minimum absolute atomic E-state index is 0.00868. The highest BCUT2D eigenvalue weighted by molar-refractivity contribution is 5.80. The van der Waals surface area contributed by atoms with E-state index in [0.717, 1.165) is 45.1 Å². The summed E-state index contributed by atoms with van der Waals surface area (Å²) in [4.78, 5) is 17.9. The van der Waals surface area contributed by atoms with Crippen LogP contribution in [0.3, 0.4) is 0 Å². The third kappa shape index (κ3) is 3.37. The number of ether oxygens (including phenoxy) is 1. The van der Waals surface area contributed by atoms with Crippen LogP contribution in [0.1, 0.15) is 100.0 Å². The van der Waals surface area contributed by atoms with Crippen molar-refractivity contribution in [1.82, 2.24) is 14.8 Å². The fraction of sp³-hybridized carbons (Fsp3) is 0.848. The summed E-state index contributed by atoms with van der Waals surface area (Å²) in [5.74, 6) is 2.30. The summed E-state index contributed by atoms with van der Waals surface area (Å²) in [6.45, 7) is 19.9. The van der Waals surface area contributed by atoms with E-state index < -0.39 is 6.10 Å². The number of hydrogen-bond donors (Lipinski definition) is 1. The summed E-state index contributed by atoms with van der Waals surface area (Å²) in [6, 6.07) is -0.107. The van der Waals surface area contributed by atoms with Gasteiger partial charge in [0.25, 0.3) is 0 Å². The molecule has 0 spiro atoms. The Kier molecular flexibility index (Phi) is 6.19. The van der Waals surface area contributed by atoms with Gasteiger partial charge >= 0.3 is 0 Å². The van der Waals surface area contributed by atoms with E-state index in [1.54, 1.807) is 18.2 Å². The third-order valence-corrected chi connectivity index (χ3v) is 14.1. The molecule has 216 valence electrons. The van der Waals surface area contributed by atoms with Crippen molar-refractivity contribution in [2.24, 2.45) is 56.7 Å².